The molecule has 1 aliphatic rings. The third-order valence-corrected chi connectivity index (χ3v) is 3.72. The fourth-order valence-electron chi connectivity index (χ4n) is 2.57. The van der Waals surface area contributed by atoms with Gasteiger partial charge in [0.05, 0.1) is 4.92 Å². The molecule has 0 atom stereocenters. The predicted octanol–water partition coefficient (Wildman–Crippen LogP) is 2.10. The lowest BCUT2D eigenvalue weighted by Gasteiger charge is -2.26. The van der Waals surface area contributed by atoms with E-state index in [1.54, 1.807) is 0 Å². The molecule has 0 aromatic carbocycles. The van der Waals surface area contributed by atoms with Crippen molar-refractivity contribution in [3.63, 3.8) is 0 Å². The minimum Gasteiger partial charge on any atom is -0.364 e. The molecule has 0 unspecified atom stereocenters. The lowest BCUT2D eigenvalue weighted by Crippen LogP contribution is -2.33. The minimum atomic E-state index is -0.429. The summed E-state index contributed by atoms with van der Waals surface area (Å²) in [6.45, 7) is 6.38. The Bertz CT molecular complexity index is 490. The number of aromatic nitrogens is 2. The molecule has 0 spiro atoms. The van der Waals surface area contributed by atoms with Gasteiger partial charge in [-0.2, -0.15) is 0 Å². The van der Waals surface area contributed by atoms with Gasteiger partial charge in [0.15, 0.2) is 0 Å². The van der Waals surface area contributed by atoms with Crippen molar-refractivity contribution in [2.45, 2.75) is 32.6 Å². The van der Waals surface area contributed by atoms with Crippen molar-refractivity contribution in [1.82, 2.24) is 14.9 Å². The summed E-state index contributed by atoms with van der Waals surface area (Å²) in [6.07, 6.45) is 6.00. The number of rotatable bonds is 8. The van der Waals surface area contributed by atoms with Gasteiger partial charge in [-0.15, -0.1) is 0 Å². The summed E-state index contributed by atoms with van der Waals surface area (Å²) in [5.41, 5.74) is -0.0744. The molecule has 2 heterocycles. The highest BCUT2D eigenvalue weighted by molar-refractivity contribution is 5.69. The zero-order valence-electron chi connectivity index (χ0n) is 13.0. The van der Waals surface area contributed by atoms with Crippen LogP contribution < -0.4 is 10.6 Å². The molecular weight excluding hydrogens is 284 g/mol. The number of nitrogens with one attached hydrogen (secondary N) is 2. The summed E-state index contributed by atoms with van der Waals surface area (Å²) in [7, 11) is 0. The van der Waals surface area contributed by atoms with Crippen LogP contribution in [0.4, 0.5) is 17.3 Å². The van der Waals surface area contributed by atoms with Gasteiger partial charge in [0, 0.05) is 19.6 Å². The van der Waals surface area contributed by atoms with E-state index in [1.165, 1.54) is 25.6 Å². The number of nitrogens with zero attached hydrogens (tertiary/aromatic N) is 4. The Hall–Kier alpha value is -1.96. The summed E-state index contributed by atoms with van der Waals surface area (Å²) < 4.78 is 0. The average Bonchev–Trinajstić information content (AvgIpc) is 2.53. The van der Waals surface area contributed by atoms with Gasteiger partial charge in [-0.05, 0) is 32.4 Å². The standard InChI is InChI=1S/C14H24N6O2/c1-2-6-15-13-12(20(21)22)14(18-11-17-13)16-7-10-19-8-4-3-5-9-19/h11H,2-10H2,1H3,(H2,15,16,17,18). The van der Waals surface area contributed by atoms with Gasteiger partial charge in [-0.25, -0.2) is 9.97 Å². The van der Waals surface area contributed by atoms with Crippen LogP contribution in [0.5, 0.6) is 0 Å². The van der Waals surface area contributed by atoms with E-state index >= 15 is 0 Å². The lowest BCUT2D eigenvalue weighted by molar-refractivity contribution is -0.383. The van der Waals surface area contributed by atoms with Crippen molar-refractivity contribution >= 4 is 17.3 Å². The maximum Gasteiger partial charge on any atom is 0.353 e. The van der Waals surface area contributed by atoms with Gasteiger partial charge in [-0.1, -0.05) is 13.3 Å². The number of nitro groups is 1. The first-order valence-corrected chi connectivity index (χ1v) is 7.92. The average molecular weight is 308 g/mol. The second-order valence-corrected chi connectivity index (χ2v) is 5.43. The number of piperidine rings is 1. The Kier molecular flexibility index (Phi) is 6.32. The van der Waals surface area contributed by atoms with Gasteiger partial charge in [0.1, 0.15) is 6.33 Å². The fraction of sp³-hybridized carbons (Fsp3) is 0.714. The van der Waals surface area contributed by atoms with E-state index < -0.39 is 4.92 Å². The summed E-state index contributed by atoms with van der Waals surface area (Å²) in [5, 5.41) is 17.4. The molecular formula is C14H24N6O2. The van der Waals surface area contributed by atoms with Crippen LogP contribution in [-0.2, 0) is 0 Å². The summed E-state index contributed by atoms with van der Waals surface area (Å²) in [4.78, 5) is 21.3. The quantitative estimate of drug-likeness (QED) is 0.560. The van der Waals surface area contributed by atoms with Crippen LogP contribution in [-0.4, -0.2) is 52.5 Å². The van der Waals surface area contributed by atoms with Crippen molar-refractivity contribution in [1.29, 1.82) is 0 Å². The van der Waals surface area contributed by atoms with Gasteiger partial charge < -0.3 is 15.5 Å². The van der Waals surface area contributed by atoms with Crippen LogP contribution in [0.3, 0.4) is 0 Å². The molecule has 0 saturated carbocycles. The van der Waals surface area contributed by atoms with Gasteiger partial charge in [0.25, 0.3) is 0 Å². The third-order valence-electron chi connectivity index (χ3n) is 3.72. The van der Waals surface area contributed by atoms with Crippen LogP contribution in [0.2, 0.25) is 0 Å². The highest BCUT2D eigenvalue weighted by Crippen LogP contribution is 2.28. The van der Waals surface area contributed by atoms with E-state index in [2.05, 4.69) is 25.5 Å². The summed E-state index contributed by atoms with van der Waals surface area (Å²) >= 11 is 0. The van der Waals surface area contributed by atoms with E-state index in [-0.39, 0.29) is 17.3 Å². The van der Waals surface area contributed by atoms with Crippen LogP contribution >= 0.6 is 0 Å². The van der Waals surface area contributed by atoms with Crippen molar-refractivity contribution in [3.8, 4) is 0 Å². The molecule has 2 rings (SSSR count). The van der Waals surface area contributed by atoms with Crippen LogP contribution in [0.25, 0.3) is 0 Å². The zero-order chi connectivity index (χ0) is 15.8. The molecule has 1 fully saturated rings. The largest absolute Gasteiger partial charge is 0.364 e. The topological polar surface area (TPSA) is 96.2 Å². The molecule has 1 aliphatic heterocycles. The first kappa shape index (κ1) is 16.4. The predicted molar refractivity (Wildman–Crippen MR) is 86.2 cm³/mol. The minimum absolute atomic E-state index is 0.0744. The molecule has 1 aromatic heterocycles. The molecule has 0 radical (unpaired) electrons. The Morgan fingerprint density at radius 2 is 1.82 bits per heavy atom. The molecule has 1 aromatic rings. The number of hydrogen-bond donors (Lipinski definition) is 2. The molecule has 8 nitrogen and oxygen atoms in total. The molecule has 0 aliphatic carbocycles. The zero-order valence-corrected chi connectivity index (χ0v) is 13.0. The molecule has 1 saturated heterocycles. The molecule has 0 amide bonds. The van der Waals surface area contributed by atoms with Crippen LogP contribution in [0, 0.1) is 10.1 Å². The van der Waals surface area contributed by atoms with E-state index in [4.69, 9.17) is 0 Å². The number of anilines is 2. The second-order valence-electron chi connectivity index (χ2n) is 5.43. The molecule has 122 valence electrons. The normalized spacial score (nSPS) is 15.5. The van der Waals surface area contributed by atoms with Gasteiger partial charge in [-0.3, -0.25) is 10.1 Å². The highest BCUT2D eigenvalue weighted by atomic mass is 16.6. The Morgan fingerprint density at radius 1 is 1.18 bits per heavy atom. The maximum atomic E-state index is 11.3. The lowest BCUT2D eigenvalue weighted by atomic mass is 10.1. The Morgan fingerprint density at radius 3 is 2.41 bits per heavy atom. The monoisotopic (exact) mass is 308 g/mol. The van der Waals surface area contributed by atoms with Crippen LogP contribution in [0.15, 0.2) is 6.33 Å². The molecule has 8 heteroatoms. The molecule has 22 heavy (non-hydrogen) atoms. The number of hydrogen-bond acceptors (Lipinski definition) is 7. The SMILES string of the molecule is CCCNc1ncnc(NCCN2CCCCC2)c1[N+](=O)[O-]. The van der Waals surface area contributed by atoms with Crippen molar-refractivity contribution < 1.29 is 4.92 Å². The second kappa shape index (κ2) is 8.47. The van der Waals surface area contributed by atoms with Crippen molar-refractivity contribution in [2.24, 2.45) is 0 Å². The van der Waals surface area contributed by atoms with E-state index in [0.29, 0.717) is 13.1 Å². The summed E-state index contributed by atoms with van der Waals surface area (Å²) in [6, 6.07) is 0. The van der Waals surface area contributed by atoms with Gasteiger partial charge >= 0.3 is 5.69 Å². The van der Waals surface area contributed by atoms with Crippen molar-refractivity contribution in [3.05, 3.63) is 16.4 Å². The molecule has 0 bridgehead atoms. The Labute approximate surface area is 130 Å². The van der Waals surface area contributed by atoms with Crippen molar-refractivity contribution in [2.75, 3.05) is 43.4 Å². The fourth-order valence-corrected chi connectivity index (χ4v) is 2.57. The summed E-state index contributed by atoms with van der Waals surface area (Å²) in [5.74, 6) is 0.568. The third kappa shape index (κ3) is 4.52. The first-order valence-electron chi connectivity index (χ1n) is 7.92. The van der Waals surface area contributed by atoms with E-state index in [9.17, 15) is 10.1 Å². The van der Waals surface area contributed by atoms with E-state index in [0.717, 1.165) is 26.1 Å². The maximum absolute atomic E-state index is 11.3. The first-order chi connectivity index (χ1) is 10.7. The van der Waals surface area contributed by atoms with Gasteiger partial charge in [0.2, 0.25) is 11.6 Å². The highest BCUT2D eigenvalue weighted by Gasteiger charge is 2.22. The molecule has 2 N–H and O–H groups in total. The Balaban J connectivity index is 1.97. The smallest absolute Gasteiger partial charge is 0.353 e. The van der Waals surface area contributed by atoms with E-state index in [1.807, 2.05) is 6.92 Å². The van der Waals surface area contributed by atoms with Crippen LogP contribution in [0.1, 0.15) is 32.6 Å². The number of likely N-dealkylation sites (tertiary alicyclic amines) is 1.